The molecule has 3 rings (SSSR count). The first-order valence-electron chi connectivity index (χ1n) is 9.03. The number of amides is 2. The van der Waals surface area contributed by atoms with Crippen molar-refractivity contribution in [3.8, 4) is 5.75 Å². The maximum atomic E-state index is 12.3. The number of aryl methyl sites for hydroxylation is 2. The molecule has 138 valence electrons. The van der Waals surface area contributed by atoms with Crippen LogP contribution in [0.5, 0.6) is 5.75 Å². The third-order valence-electron chi connectivity index (χ3n) is 4.57. The predicted molar refractivity (Wildman–Crippen MR) is 103 cm³/mol. The molecular formula is C20H26N4O2. The number of anilines is 1. The summed E-state index contributed by atoms with van der Waals surface area (Å²) in [5.41, 5.74) is 2.23. The Hall–Kier alpha value is -2.76. The molecule has 26 heavy (non-hydrogen) atoms. The van der Waals surface area contributed by atoms with Gasteiger partial charge in [-0.05, 0) is 37.1 Å². The van der Waals surface area contributed by atoms with Gasteiger partial charge >= 0.3 is 6.03 Å². The Labute approximate surface area is 154 Å². The molecule has 0 atom stereocenters. The van der Waals surface area contributed by atoms with Gasteiger partial charge in [0.1, 0.15) is 18.2 Å². The van der Waals surface area contributed by atoms with Crippen LogP contribution in [0.25, 0.3) is 0 Å². The van der Waals surface area contributed by atoms with Gasteiger partial charge in [-0.3, -0.25) is 0 Å². The molecule has 2 heterocycles. The molecule has 0 spiro atoms. The molecule has 0 radical (unpaired) electrons. The Morgan fingerprint density at radius 3 is 2.46 bits per heavy atom. The third kappa shape index (κ3) is 4.45. The minimum absolute atomic E-state index is 0.0317. The molecule has 1 aliphatic rings. The van der Waals surface area contributed by atoms with Crippen molar-refractivity contribution in [1.29, 1.82) is 0 Å². The van der Waals surface area contributed by atoms with Crippen molar-refractivity contribution >= 4 is 11.8 Å². The molecule has 1 N–H and O–H groups in total. The summed E-state index contributed by atoms with van der Waals surface area (Å²) in [5, 5.41) is 2.94. The zero-order valence-electron chi connectivity index (χ0n) is 15.4. The number of aromatic nitrogens is 1. The van der Waals surface area contributed by atoms with Gasteiger partial charge in [-0.2, -0.15) is 0 Å². The van der Waals surface area contributed by atoms with Crippen LogP contribution in [-0.4, -0.2) is 55.2 Å². The second-order valence-electron chi connectivity index (χ2n) is 6.46. The normalized spacial score (nSPS) is 14.2. The molecule has 0 aliphatic carbocycles. The van der Waals surface area contributed by atoms with E-state index in [1.165, 1.54) is 0 Å². The smallest absolute Gasteiger partial charge is 0.317 e. The number of para-hydroxylation sites is 1. The van der Waals surface area contributed by atoms with Crippen LogP contribution in [0.4, 0.5) is 10.6 Å². The number of carbonyl (C=O) groups excluding carboxylic acids is 1. The zero-order valence-corrected chi connectivity index (χ0v) is 15.4. The molecular weight excluding hydrogens is 328 g/mol. The van der Waals surface area contributed by atoms with E-state index in [0.717, 1.165) is 35.8 Å². The van der Waals surface area contributed by atoms with Gasteiger partial charge < -0.3 is 19.9 Å². The summed E-state index contributed by atoms with van der Waals surface area (Å²) in [5.74, 6) is 1.88. The van der Waals surface area contributed by atoms with Crippen LogP contribution >= 0.6 is 0 Å². The fourth-order valence-electron chi connectivity index (χ4n) is 3.13. The molecule has 0 bridgehead atoms. The fourth-order valence-corrected chi connectivity index (χ4v) is 3.13. The number of carbonyl (C=O) groups is 1. The van der Waals surface area contributed by atoms with Gasteiger partial charge in [-0.1, -0.05) is 24.3 Å². The third-order valence-corrected chi connectivity index (χ3v) is 4.57. The highest BCUT2D eigenvalue weighted by molar-refractivity contribution is 5.74. The van der Waals surface area contributed by atoms with Gasteiger partial charge in [0.05, 0.1) is 6.54 Å². The summed E-state index contributed by atoms with van der Waals surface area (Å²) in [7, 11) is 0. The van der Waals surface area contributed by atoms with Gasteiger partial charge in [0.2, 0.25) is 0 Å². The van der Waals surface area contributed by atoms with E-state index in [2.05, 4.69) is 15.2 Å². The lowest BCUT2D eigenvalue weighted by molar-refractivity contribution is 0.191. The van der Waals surface area contributed by atoms with E-state index in [1.54, 1.807) is 6.20 Å². The molecule has 1 fully saturated rings. The van der Waals surface area contributed by atoms with Crippen molar-refractivity contribution in [3.63, 3.8) is 0 Å². The topological polar surface area (TPSA) is 57.7 Å². The van der Waals surface area contributed by atoms with Crippen LogP contribution in [0.2, 0.25) is 0 Å². The summed E-state index contributed by atoms with van der Waals surface area (Å²) < 4.78 is 5.83. The van der Waals surface area contributed by atoms with Crippen LogP contribution in [0.3, 0.4) is 0 Å². The number of urea groups is 1. The monoisotopic (exact) mass is 354 g/mol. The Morgan fingerprint density at radius 2 is 1.81 bits per heavy atom. The van der Waals surface area contributed by atoms with Crippen molar-refractivity contribution in [2.45, 2.75) is 13.8 Å². The van der Waals surface area contributed by atoms with Crippen molar-refractivity contribution in [2.24, 2.45) is 0 Å². The molecule has 1 saturated heterocycles. The van der Waals surface area contributed by atoms with Crippen molar-refractivity contribution in [2.75, 3.05) is 44.2 Å². The van der Waals surface area contributed by atoms with Crippen LogP contribution in [0.1, 0.15) is 11.1 Å². The molecule has 1 aliphatic heterocycles. The summed E-state index contributed by atoms with van der Waals surface area (Å²) in [6.45, 7) is 8.00. The highest BCUT2D eigenvalue weighted by atomic mass is 16.5. The maximum absolute atomic E-state index is 12.3. The van der Waals surface area contributed by atoms with Gasteiger partial charge in [-0.25, -0.2) is 9.78 Å². The largest absolute Gasteiger partial charge is 0.491 e. The number of pyridine rings is 1. The molecule has 1 aromatic carbocycles. The highest BCUT2D eigenvalue weighted by Crippen LogP contribution is 2.21. The molecule has 0 saturated carbocycles. The molecule has 1 aromatic heterocycles. The predicted octanol–water partition coefficient (Wildman–Crippen LogP) is 2.61. The van der Waals surface area contributed by atoms with Gasteiger partial charge in [0.15, 0.2) is 0 Å². The number of piperazine rings is 1. The van der Waals surface area contributed by atoms with E-state index in [9.17, 15) is 4.79 Å². The van der Waals surface area contributed by atoms with E-state index in [4.69, 9.17) is 4.74 Å². The number of benzene rings is 1. The van der Waals surface area contributed by atoms with Crippen molar-refractivity contribution < 1.29 is 9.53 Å². The van der Waals surface area contributed by atoms with Crippen LogP contribution in [0, 0.1) is 13.8 Å². The fraction of sp³-hybridized carbons (Fsp3) is 0.400. The summed E-state index contributed by atoms with van der Waals surface area (Å²) in [6, 6.07) is 11.9. The van der Waals surface area contributed by atoms with E-state index in [1.807, 2.05) is 55.1 Å². The molecule has 2 aromatic rings. The minimum Gasteiger partial charge on any atom is -0.491 e. The standard InChI is InChI=1S/C20H26N4O2/c1-16-6-5-7-17(2)19(16)26-15-10-22-20(25)24-13-11-23(12-14-24)18-8-3-4-9-21-18/h3-9H,10-15H2,1-2H3,(H,22,25). The average Bonchev–Trinajstić information content (AvgIpc) is 2.68. The summed E-state index contributed by atoms with van der Waals surface area (Å²) >= 11 is 0. The average molecular weight is 354 g/mol. The van der Waals surface area contributed by atoms with E-state index < -0.39 is 0 Å². The second kappa shape index (κ2) is 8.56. The van der Waals surface area contributed by atoms with Gasteiger partial charge in [0.25, 0.3) is 0 Å². The van der Waals surface area contributed by atoms with Crippen LogP contribution in [0.15, 0.2) is 42.6 Å². The number of ether oxygens (including phenoxy) is 1. The number of hydrogen-bond acceptors (Lipinski definition) is 4. The molecule has 0 unspecified atom stereocenters. The van der Waals surface area contributed by atoms with E-state index >= 15 is 0 Å². The number of nitrogens with zero attached hydrogens (tertiary/aromatic N) is 3. The quantitative estimate of drug-likeness (QED) is 0.839. The number of nitrogens with one attached hydrogen (secondary N) is 1. The Bertz CT molecular complexity index is 708. The lowest BCUT2D eigenvalue weighted by Crippen LogP contribution is -2.52. The first kappa shape index (κ1) is 18.0. The lowest BCUT2D eigenvalue weighted by atomic mass is 10.1. The maximum Gasteiger partial charge on any atom is 0.317 e. The SMILES string of the molecule is Cc1cccc(C)c1OCCNC(=O)N1CCN(c2ccccn2)CC1. The Kier molecular flexibility index (Phi) is 5.94. The van der Waals surface area contributed by atoms with Crippen molar-refractivity contribution in [3.05, 3.63) is 53.7 Å². The van der Waals surface area contributed by atoms with E-state index in [0.29, 0.717) is 26.2 Å². The molecule has 2 amide bonds. The first-order valence-corrected chi connectivity index (χ1v) is 9.03. The number of rotatable bonds is 5. The Balaban J connectivity index is 1.39. The first-order chi connectivity index (χ1) is 12.6. The second-order valence-corrected chi connectivity index (χ2v) is 6.46. The summed E-state index contributed by atoms with van der Waals surface area (Å²) in [6.07, 6.45) is 1.80. The van der Waals surface area contributed by atoms with Gasteiger partial charge in [0, 0.05) is 32.4 Å². The van der Waals surface area contributed by atoms with Gasteiger partial charge in [-0.15, -0.1) is 0 Å². The van der Waals surface area contributed by atoms with E-state index in [-0.39, 0.29) is 6.03 Å². The highest BCUT2D eigenvalue weighted by Gasteiger charge is 2.21. The van der Waals surface area contributed by atoms with Crippen LogP contribution < -0.4 is 15.0 Å². The minimum atomic E-state index is -0.0317. The molecule has 6 nitrogen and oxygen atoms in total. The zero-order chi connectivity index (χ0) is 18.4. The lowest BCUT2D eigenvalue weighted by Gasteiger charge is -2.35. The molecule has 6 heteroatoms. The number of hydrogen-bond donors (Lipinski definition) is 1. The van der Waals surface area contributed by atoms with Crippen molar-refractivity contribution in [1.82, 2.24) is 15.2 Å². The Morgan fingerprint density at radius 1 is 1.08 bits per heavy atom. The van der Waals surface area contributed by atoms with Crippen LogP contribution in [-0.2, 0) is 0 Å². The summed E-state index contributed by atoms with van der Waals surface area (Å²) in [4.78, 5) is 20.7.